The number of anilines is 1. The van der Waals surface area contributed by atoms with E-state index in [0.717, 1.165) is 25.8 Å². The summed E-state index contributed by atoms with van der Waals surface area (Å²) in [4.78, 5) is 16.4. The van der Waals surface area contributed by atoms with Gasteiger partial charge in [-0.3, -0.25) is 4.79 Å². The van der Waals surface area contributed by atoms with Crippen molar-refractivity contribution in [3.63, 3.8) is 0 Å². The van der Waals surface area contributed by atoms with Crippen LogP contribution in [0.4, 0.5) is 5.82 Å². The highest BCUT2D eigenvalue weighted by atomic mass is 16.1. The van der Waals surface area contributed by atoms with E-state index >= 15 is 0 Å². The Kier molecular flexibility index (Phi) is 2.92. The fourth-order valence-corrected chi connectivity index (χ4v) is 2.33. The molecular formula is C12H17N3O. The SMILES string of the molecule is CCC1(C(=O)c2cccnc2N)CCCN1. The molecule has 1 atom stereocenters. The summed E-state index contributed by atoms with van der Waals surface area (Å²) in [6, 6.07) is 3.50. The predicted molar refractivity (Wildman–Crippen MR) is 63.2 cm³/mol. The van der Waals surface area contributed by atoms with Crippen LogP contribution in [0.2, 0.25) is 0 Å². The second-order valence-electron chi connectivity index (χ2n) is 4.23. The number of Topliss-reactive ketones (excluding diaryl/α,β-unsaturated/α-hetero) is 1. The maximum absolute atomic E-state index is 12.4. The lowest BCUT2D eigenvalue weighted by atomic mass is 9.85. The van der Waals surface area contributed by atoms with Gasteiger partial charge in [0.15, 0.2) is 5.78 Å². The molecule has 0 radical (unpaired) electrons. The normalized spacial score (nSPS) is 24.6. The van der Waals surface area contributed by atoms with Gasteiger partial charge in [-0.15, -0.1) is 0 Å². The number of nitrogen functional groups attached to an aromatic ring is 1. The second-order valence-corrected chi connectivity index (χ2v) is 4.23. The number of aromatic nitrogens is 1. The number of nitrogens with two attached hydrogens (primary N) is 1. The standard InChI is InChI=1S/C12H17N3O/c1-2-12(6-4-8-15-12)10(16)9-5-3-7-14-11(9)13/h3,5,7,15H,2,4,6,8H2,1H3,(H2,13,14). The molecule has 2 rings (SSSR count). The largest absolute Gasteiger partial charge is 0.383 e. The zero-order valence-electron chi connectivity index (χ0n) is 9.49. The summed E-state index contributed by atoms with van der Waals surface area (Å²) < 4.78 is 0. The summed E-state index contributed by atoms with van der Waals surface area (Å²) in [7, 11) is 0. The van der Waals surface area contributed by atoms with E-state index in [1.807, 2.05) is 6.92 Å². The zero-order valence-corrected chi connectivity index (χ0v) is 9.49. The highest BCUT2D eigenvalue weighted by molar-refractivity contribution is 6.06. The molecule has 1 aromatic heterocycles. The smallest absolute Gasteiger partial charge is 0.186 e. The Morgan fingerprint density at radius 2 is 2.50 bits per heavy atom. The van der Waals surface area contributed by atoms with Gasteiger partial charge in [0.2, 0.25) is 0 Å². The molecule has 4 nitrogen and oxygen atoms in total. The Hall–Kier alpha value is -1.42. The van der Waals surface area contributed by atoms with E-state index < -0.39 is 5.54 Å². The summed E-state index contributed by atoms with van der Waals surface area (Å²) in [6.07, 6.45) is 4.32. The van der Waals surface area contributed by atoms with Gasteiger partial charge < -0.3 is 11.1 Å². The number of rotatable bonds is 3. The van der Waals surface area contributed by atoms with Crippen molar-refractivity contribution in [1.29, 1.82) is 0 Å². The number of hydrogen-bond acceptors (Lipinski definition) is 4. The third kappa shape index (κ3) is 1.69. The van der Waals surface area contributed by atoms with E-state index in [1.54, 1.807) is 18.3 Å². The molecule has 16 heavy (non-hydrogen) atoms. The molecule has 0 aliphatic carbocycles. The molecule has 3 N–H and O–H groups in total. The Bertz CT molecular complexity index is 397. The van der Waals surface area contributed by atoms with E-state index in [-0.39, 0.29) is 5.78 Å². The van der Waals surface area contributed by atoms with Crippen molar-refractivity contribution >= 4 is 11.6 Å². The van der Waals surface area contributed by atoms with E-state index in [9.17, 15) is 4.79 Å². The molecule has 0 aromatic carbocycles. The fourth-order valence-electron chi connectivity index (χ4n) is 2.33. The molecule has 4 heteroatoms. The highest BCUT2D eigenvalue weighted by Gasteiger charge is 2.40. The first kappa shape index (κ1) is 11.1. The van der Waals surface area contributed by atoms with Crippen LogP contribution in [-0.2, 0) is 0 Å². The average Bonchev–Trinajstić information content (AvgIpc) is 2.78. The van der Waals surface area contributed by atoms with E-state index in [4.69, 9.17) is 5.73 Å². The molecule has 1 saturated heterocycles. The van der Waals surface area contributed by atoms with E-state index in [2.05, 4.69) is 10.3 Å². The molecule has 0 spiro atoms. The monoisotopic (exact) mass is 219 g/mol. The minimum Gasteiger partial charge on any atom is -0.383 e. The van der Waals surface area contributed by atoms with Gasteiger partial charge in [-0.25, -0.2) is 4.98 Å². The van der Waals surface area contributed by atoms with Crippen LogP contribution in [0.3, 0.4) is 0 Å². The molecule has 1 unspecified atom stereocenters. The first-order valence-electron chi connectivity index (χ1n) is 5.70. The van der Waals surface area contributed by atoms with Crippen molar-refractivity contribution in [2.75, 3.05) is 12.3 Å². The molecule has 86 valence electrons. The Labute approximate surface area is 95.3 Å². The molecule has 0 bridgehead atoms. The number of hydrogen-bond donors (Lipinski definition) is 2. The summed E-state index contributed by atoms with van der Waals surface area (Å²) in [5.74, 6) is 0.409. The van der Waals surface area contributed by atoms with Crippen molar-refractivity contribution in [3.05, 3.63) is 23.9 Å². The second kappa shape index (κ2) is 4.22. The van der Waals surface area contributed by atoms with Crippen LogP contribution in [0.15, 0.2) is 18.3 Å². The molecular weight excluding hydrogens is 202 g/mol. The summed E-state index contributed by atoms with van der Waals surface area (Å²) in [5.41, 5.74) is 5.86. The summed E-state index contributed by atoms with van der Waals surface area (Å²) in [5, 5.41) is 3.31. The van der Waals surface area contributed by atoms with Crippen molar-refractivity contribution in [2.45, 2.75) is 31.7 Å². The first-order valence-corrected chi connectivity index (χ1v) is 5.70. The van der Waals surface area contributed by atoms with Crippen LogP contribution in [0.1, 0.15) is 36.5 Å². The van der Waals surface area contributed by atoms with Crippen molar-refractivity contribution in [1.82, 2.24) is 10.3 Å². The summed E-state index contributed by atoms with van der Waals surface area (Å²) >= 11 is 0. The fraction of sp³-hybridized carbons (Fsp3) is 0.500. The minimum absolute atomic E-state index is 0.0816. The molecule has 1 aliphatic rings. The maximum Gasteiger partial charge on any atom is 0.186 e. The van der Waals surface area contributed by atoms with Gasteiger partial charge in [0, 0.05) is 6.20 Å². The van der Waals surface area contributed by atoms with Crippen molar-refractivity contribution in [3.8, 4) is 0 Å². The minimum atomic E-state index is -0.419. The van der Waals surface area contributed by atoms with E-state index in [0.29, 0.717) is 11.4 Å². The molecule has 0 saturated carbocycles. The third-order valence-corrected chi connectivity index (χ3v) is 3.37. The van der Waals surface area contributed by atoms with Gasteiger partial charge in [-0.05, 0) is 37.9 Å². The van der Waals surface area contributed by atoms with Gasteiger partial charge in [-0.2, -0.15) is 0 Å². The molecule has 1 aromatic rings. The number of carbonyl (C=O) groups excluding carboxylic acids is 1. The van der Waals surface area contributed by atoms with Gasteiger partial charge >= 0.3 is 0 Å². The van der Waals surface area contributed by atoms with Gasteiger partial charge in [0.25, 0.3) is 0 Å². The lowest BCUT2D eigenvalue weighted by molar-refractivity contribution is 0.0864. The van der Waals surface area contributed by atoms with Gasteiger partial charge in [0.05, 0.1) is 11.1 Å². The van der Waals surface area contributed by atoms with Crippen LogP contribution in [0, 0.1) is 0 Å². The quantitative estimate of drug-likeness (QED) is 0.754. The number of pyridine rings is 1. The Morgan fingerprint density at radius 1 is 1.69 bits per heavy atom. The number of carbonyl (C=O) groups is 1. The van der Waals surface area contributed by atoms with Crippen LogP contribution >= 0.6 is 0 Å². The first-order chi connectivity index (χ1) is 7.69. The van der Waals surface area contributed by atoms with Gasteiger partial charge in [0.1, 0.15) is 5.82 Å². The molecule has 2 heterocycles. The van der Waals surface area contributed by atoms with Crippen LogP contribution in [0.25, 0.3) is 0 Å². The molecule has 1 fully saturated rings. The predicted octanol–water partition coefficient (Wildman–Crippen LogP) is 1.38. The summed E-state index contributed by atoms with van der Waals surface area (Å²) in [6.45, 7) is 2.93. The van der Waals surface area contributed by atoms with E-state index in [1.165, 1.54) is 0 Å². The van der Waals surface area contributed by atoms with Crippen molar-refractivity contribution < 1.29 is 4.79 Å². The third-order valence-electron chi connectivity index (χ3n) is 3.37. The van der Waals surface area contributed by atoms with Crippen LogP contribution < -0.4 is 11.1 Å². The average molecular weight is 219 g/mol. The van der Waals surface area contributed by atoms with Crippen LogP contribution in [-0.4, -0.2) is 22.9 Å². The lowest BCUT2D eigenvalue weighted by Gasteiger charge is -2.26. The molecule has 0 amide bonds. The zero-order chi connectivity index (χ0) is 11.6. The maximum atomic E-state index is 12.4. The van der Waals surface area contributed by atoms with Crippen LogP contribution in [0.5, 0.6) is 0 Å². The highest BCUT2D eigenvalue weighted by Crippen LogP contribution is 2.28. The van der Waals surface area contributed by atoms with Crippen molar-refractivity contribution in [2.24, 2.45) is 0 Å². The lowest BCUT2D eigenvalue weighted by Crippen LogP contribution is -2.47. The van der Waals surface area contributed by atoms with Gasteiger partial charge in [-0.1, -0.05) is 6.92 Å². The number of nitrogens with one attached hydrogen (secondary N) is 1. The number of nitrogens with zero attached hydrogens (tertiary/aromatic N) is 1. The topological polar surface area (TPSA) is 68.0 Å². The molecule has 1 aliphatic heterocycles. The number of ketones is 1. The Morgan fingerprint density at radius 3 is 3.06 bits per heavy atom. The Balaban J connectivity index is 2.34.